The minimum absolute atomic E-state index is 0.0600. The summed E-state index contributed by atoms with van der Waals surface area (Å²) in [5.74, 6) is 0.897. The first-order valence-electron chi connectivity index (χ1n) is 7.99. The van der Waals surface area contributed by atoms with Crippen molar-refractivity contribution in [3.8, 4) is 5.75 Å². The molecule has 1 heterocycles. The van der Waals surface area contributed by atoms with E-state index in [-0.39, 0.29) is 12.1 Å². The molecule has 1 N–H and O–H groups in total. The highest BCUT2D eigenvalue weighted by Gasteiger charge is 2.20. The standard InChI is InChI=1S/C17H27N3O2/c1-14(2)18-17(21)20-12-10-19(11-13-20)9-8-15-4-6-16(22-3)7-5-15/h4-7,14H,8-13H2,1-3H3,(H,18,21). The number of amides is 2. The Balaban J connectivity index is 1.71. The fourth-order valence-electron chi connectivity index (χ4n) is 2.59. The number of nitrogens with zero attached hydrogens (tertiary/aromatic N) is 2. The number of hydrogen-bond donors (Lipinski definition) is 1. The monoisotopic (exact) mass is 305 g/mol. The molecule has 0 aliphatic carbocycles. The number of carbonyl (C=O) groups excluding carboxylic acids is 1. The van der Waals surface area contributed by atoms with Crippen LogP contribution in [0.4, 0.5) is 4.79 Å². The Morgan fingerprint density at radius 3 is 2.36 bits per heavy atom. The number of rotatable bonds is 5. The van der Waals surface area contributed by atoms with Crippen LogP contribution in [0.5, 0.6) is 5.75 Å². The molecule has 5 heteroatoms. The molecular formula is C17H27N3O2. The predicted octanol–water partition coefficient (Wildman–Crippen LogP) is 1.97. The Morgan fingerprint density at radius 2 is 1.82 bits per heavy atom. The highest BCUT2D eigenvalue weighted by atomic mass is 16.5. The molecule has 1 aliphatic heterocycles. The molecule has 2 rings (SSSR count). The van der Waals surface area contributed by atoms with E-state index in [0.29, 0.717) is 0 Å². The van der Waals surface area contributed by atoms with Crippen molar-refractivity contribution in [3.63, 3.8) is 0 Å². The minimum Gasteiger partial charge on any atom is -0.497 e. The Hall–Kier alpha value is -1.75. The van der Waals surface area contributed by atoms with Gasteiger partial charge in [-0.15, -0.1) is 0 Å². The smallest absolute Gasteiger partial charge is 0.317 e. The van der Waals surface area contributed by atoms with E-state index >= 15 is 0 Å². The lowest BCUT2D eigenvalue weighted by atomic mass is 10.1. The van der Waals surface area contributed by atoms with Crippen molar-refractivity contribution in [3.05, 3.63) is 29.8 Å². The van der Waals surface area contributed by atoms with Gasteiger partial charge in [-0.05, 0) is 38.0 Å². The lowest BCUT2D eigenvalue weighted by Crippen LogP contribution is -2.53. The molecule has 5 nitrogen and oxygen atoms in total. The minimum atomic E-state index is 0.0600. The Labute approximate surface area is 133 Å². The van der Waals surface area contributed by atoms with Gasteiger partial charge in [-0.25, -0.2) is 4.79 Å². The van der Waals surface area contributed by atoms with E-state index in [4.69, 9.17) is 4.74 Å². The molecule has 0 radical (unpaired) electrons. The molecule has 22 heavy (non-hydrogen) atoms. The van der Waals surface area contributed by atoms with E-state index in [1.165, 1.54) is 5.56 Å². The van der Waals surface area contributed by atoms with Crippen molar-refractivity contribution in [2.45, 2.75) is 26.3 Å². The van der Waals surface area contributed by atoms with Crippen LogP contribution in [0.15, 0.2) is 24.3 Å². The second-order valence-electron chi connectivity index (χ2n) is 6.03. The quantitative estimate of drug-likeness (QED) is 0.904. The zero-order valence-corrected chi connectivity index (χ0v) is 13.8. The summed E-state index contributed by atoms with van der Waals surface area (Å²) in [5, 5.41) is 2.95. The number of hydrogen-bond acceptors (Lipinski definition) is 3. The highest BCUT2D eigenvalue weighted by Crippen LogP contribution is 2.12. The van der Waals surface area contributed by atoms with Crippen molar-refractivity contribution in [1.82, 2.24) is 15.1 Å². The Bertz CT molecular complexity index is 465. The van der Waals surface area contributed by atoms with Crippen LogP contribution in [-0.2, 0) is 6.42 Å². The maximum Gasteiger partial charge on any atom is 0.317 e. The first kappa shape index (κ1) is 16.6. The molecule has 1 saturated heterocycles. The lowest BCUT2D eigenvalue weighted by Gasteiger charge is -2.35. The maximum absolute atomic E-state index is 11.9. The van der Waals surface area contributed by atoms with Crippen LogP contribution in [0.1, 0.15) is 19.4 Å². The fraction of sp³-hybridized carbons (Fsp3) is 0.588. The summed E-state index contributed by atoms with van der Waals surface area (Å²) >= 11 is 0. The maximum atomic E-state index is 11.9. The van der Waals surface area contributed by atoms with Gasteiger partial charge in [0.25, 0.3) is 0 Å². The van der Waals surface area contributed by atoms with Gasteiger partial charge < -0.3 is 15.0 Å². The number of piperazine rings is 1. The van der Waals surface area contributed by atoms with Crippen LogP contribution < -0.4 is 10.1 Å². The van der Waals surface area contributed by atoms with Crippen molar-refractivity contribution in [1.29, 1.82) is 0 Å². The second kappa shape index (κ2) is 8.03. The van der Waals surface area contributed by atoms with Crippen LogP contribution in [-0.4, -0.2) is 61.7 Å². The summed E-state index contributed by atoms with van der Waals surface area (Å²) in [6.07, 6.45) is 1.03. The highest BCUT2D eigenvalue weighted by molar-refractivity contribution is 5.74. The molecule has 122 valence electrons. The van der Waals surface area contributed by atoms with Gasteiger partial charge in [0.15, 0.2) is 0 Å². The molecule has 0 aromatic heterocycles. The molecule has 0 spiro atoms. The molecule has 0 unspecified atom stereocenters. The average molecular weight is 305 g/mol. The summed E-state index contributed by atoms with van der Waals surface area (Å²) in [6, 6.07) is 8.49. The normalized spacial score (nSPS) is 15.9. The van der Waals surface area contributed by atoms with Gasteiger partial charge >= 0.3 is 6.03 Å². The summed E-state index contributed by atoms with van der Waals surface area (Å²) in [4.78, 5) is 16.3. The molecule has 0 atom stereocenters. The summed E-state index contributed by atoms with van der Waals surface area (Å²) < 4.78 is 5.17. The third-order valence-electron chi connectivity index (χ3n) is 3.95. The van der Waals surface area contributed by atoms with Gasteiger partial charge in [0.1, 0.15) is 5.75 Å². The molecule has 0 bridgehead atoms. The molecule has 1 aromatic carbocycles. The van der Waals surface area contributed by atoms with Crippen LogP contribution in [0.3, 0.4) is 0 Å². The van der Waals surface area contributed by atoms with E-state index in [1.54, 1.807) is 7.11 Å². The summed E-state index contributed by atoms with van der Waals surface area (Å²) in [6.45, 7) is 8.52. The summed E-state index contributed by atoms with van der Waals surface area (Å²) in [7, 11) is 1.68. The van der Waals surface area contributed by atoms with E-state index < -0.39 is 0 Å². The van der Waals surface area contributed by atoms with Crippen LogP contribution in [0.2, 0.25) is 0 Å². The van der Waals surface area contributed by atoms with E-state index in [1.807, 2.05) is 30.9 Å². The SMILES string of the molecule is COc1ccc(CCN2CCN(C(=O)NC(C)C)CC2)cc1. The van der Waals surface area contributed by atoms with Crippen molar-refractivity contribution in [2.75, 3.05) is 39.8 Å². The van der Waals surface area contributed by atoms with Crippen LogP contribution >= 0.6 is 0 Å². The fourth-order valence-corrected chi connectivity index (χ4v) is 2.59. The number of carbonyl (C=O) groups is 1. The zero-order valence-electron chi connectivity index (χ0n) is 13.8. The van der Waals surface area contributed by atoms with Crippen molar-refractivity contribution < 1.29 is 9.53 Å². The van der Waals surface area contributed by atoms with E-state index in [9.17, 15) is 4.79 Å². The topological polar surface area (TPSA) is 44.8 Å². The first-order valence-corrected chi connectivity index (χ1v) is 7.99. The van der Waals surface area contributed by atoms with Crippen molar-refractivity contribution in [2.24, 2.45) is 0 Å². The lowest BCUT2D eigenvalue weighted by molar-refractivity contribution is 0.139. The third-order valence-corrected chi connectivity index (χ3v) is 3.95. The summed E-state index contributed by atoms with van der Waals surface area (Å²) in [5.41, 5.74) is 1.32. The van der Waals surface area contributed by atoms with Crippen molar-refractivity contribution >= 4 is 6.03 Å². The molecule has 0 saturated carbocycles. The van der Waals surface area contributed by atoms with Gasteiger partial charge in [-0.2, -0.15) is 0 Å². The Kier molecular flexibility index (Phi) is 6.07. The van der Waals surface area contributed by atoms with E-state index in [0.717, 1.165) is 44.9 Å². The first-order chi connectivity index (χ1) is 10.6. The van der Waals surface area contributed by atoms with E-state index in [2.05, 4.69) is 22.3 Å². The van der Waals surface area contributed by atoms with Gasteiger partial charge in [-0.3, -0.25) is 4.90 Å². The third kappa shape index (κ3) is 4.91. The van der Waals surface area contributed by atoms with Gasteiger partial charge in [0.2, 0.25) is 0 Å². The molecular weight excluding hydrogens is 278 g/mol. The molecule has 1 fully saturated rings. The molecule has 1 aromatic rings. The second-order valence-corrected chi connectivity index (χ2v) is 6.03. The number of methoxy groups -OCH3 is 1. The van der Waals surface area contributed by atoms with Gasteiger partial charge in [-0.1, -0.05) is 12.1 Å². The zero-order chi connectivity index (χ0) is 15.9. The number of urea groups is 1. The average Bonchev–Trinajstić information content (AvgIpc) is 2.53. The van der Waals surface area contributed by atoms with Gasteiger partial charge in [0, 0.05) is 38.8 Å². The molecule has 1 aliphatic rings. The number of ether oxygens (including phenoxy) is 1. The largest absolute Gasteiger partial charge is 0.497 e. The Morgan fingerprint density at radius 1 is 1.18 bits per heavy atom. The van der Waals surface area contributed by atoms with Crippen LogP contribution in [0.25, 0.3) is 0 Å². The van der Waals surface area contributed by atoms with Gasteiger partial charge in [0.05, 0.1) is 7.11 Å². The van der Waals surface area contributed by atoms with Crippen LogP contribution in [0, 0.1) is 0 Å². The predicted molar refractivity (Wildman–Crippen MR) is 88.4 cm³/mol. The molecule has 2 amide bonds. The number of nitrogens with one attached hydrogen (secondary N) is 1. The number of benzene rings is 1.